The number of hydrogen-bond donors (Lipinski definition) is 0. The maximum Gasteiger partial charge on any atom is 0.0739 e. The molecular weight excluding hydrogens is 228 g/mol. The van der Waals surface area contributed by atoms with Crippen molar-refractivity contribution in [3.63, 3.8) is 0 Å². The minimum absolute atomic E-state index is 0.803. The van der Waals surface area contributed by atoms with Gasteiger partial charge < -0.3 is 0 Å². The molecule has 0 aliphatic heterocycles. The summed E-state index contributed by atoms with van der Waals surface area (Å²) >= 11 is 4.54. The first kappa shape index (κ1) is 11.4. The lowest BCUT2D eigenvalue weighted by atomic mass is 10.2. The second-order valence-electron chi connectivity index (χ2n) is 3.39. The van der Waals surface area contributed by atoms with Crippen LogP contribution in [0.1, 0.15) is 5.56 Å². The number of para-hydroxylation sites is 1. The monoisotopic (exact) mass is 238 g/mol. The fourth-order valence-corrected chi connectivity index (χ4v) is 1.46. The van der Waals surface area contributed by atoms with Crippen molar-refractivity contribution >= 4 is 35.0 Å². The molecule has 0 heterocycles. The van der Waals surface area contributed by atoms with E-state index in [-0.39, 0.29) is 0 Å². The molecule has 2 rings (SSSR count). The molecule has 0 aliphatic carbocycles. The van der Waals surface area contributed by atoms with Crippen LogP contribution in [0.15, 0.2) is 64.6 Å². The maximum atomic E-state index is 4.54. The van der Waals surface area contributed by atoms with Crippen molar-refractivity contribution in [1.29, 1.82) is 0 Å². The number of aliphatic imine (C=N–C) groups is 2. The average molecular weight is 238 g/mol. The zero-order valence-corrected chi connectivity index (χ0v) is 9.89. The highest BCUT2D eigenvalue weighted by molar-refractivity contribution is 7.78. The van der Waals surface area contributed by atoms with Gasteiger partial charge in [0.2, 0.25) is 0 Å². The number of hydrogen-bond acceptors (Lipinski definition) is 3. The third-order valence-corrected chi connectivity index (χ3v) is 2.28. The molecule has 82 valence electrons. The first-order valence-corrected chi connectivity index (χ1v) is 5.56. The zero-order valence-electron chi connectivity index (χ0n) is 9.08. The SMILES string of the molecule is S=C=Nc1ccc(C=Nc2ccccc2)cc1. The van der Waals surface area contributed by atoms with Crippen LogP contribution in [0.3, 0.4) is 0 Å². The number of benzene rings is 2. The van der Waals surface area contributed by atoms with E-state index in [0.717, 1.165) is 16.9 Å². The van der Waals surface area contributed by atoms with Gasteiger partial charge in [-0.05, 0) is 42.0 Å². The summed E-state index contributed by atoms with van der Waals surface area (Å²) in [5.41, 5.74) is 2.77. The van der Waals surface area contributed by atoms with E-state index in [1.54, 1.807) is 0 Å². The van der Waals surface area contributed by atoms with Crippen molar-refractivity contribution in [3.8, 4) is 0 Å². The standard InChI is InChI=1S/C14H10N2S/c17-11-16-14-8-6-12(7-9-14)10-15-13-4-2-1-3-5-13/h1-10H. The molecule has 0 radical (unpaired) electrons. The van der Waals surface area contributed by atoms with Crippen LogP contribution >= 0.6 is 12.2 Å². The van der Waals surface area contributed by atoms with Gasteiger partial charge in [-0.2, -0.15) is 4.99 Å². The molecule has 0 bridgehead atoms. The lowest BCUT2D eigenvalue weighted by Gasteiger charge is -1.94. The second kappa shape index (κ2) is 5.85. The summed E-state index contributed by atoms with van der Waals surface area (Å²) in [7, 11) is 0. The summed E-state index contributed by atoms with van der Waals surface area (Å²) in [5.74, 6) is 0. The van der Waals surface area contributed by atoms with Gasteiger partial charge in [0.05, 0.1) is 16.5 Å². The van der Waals surface area contributed by atoms with Crippen molar-refractivity contribution in [2.45, 2.75) is 0 Å². The van der Waals surface area contributed by atoms with Crippen LogP contribution in [-0.2, 0) is 0 Å². The van der Waals surface area contributed by atoms with Gasteiger partial charge >= 0.3 is 0 Å². The first-order chi connectivity index (χ1) is 8.38. The molecule has 17 heavy (non-hydrogen) atoms. The highest BCUT2D eigenvalue weighted by Crippen LogP contribution is 2.13. The molecule has 3 heteroatoms. The minimum atomic E-state index is 0.803. The molecule has 0 amide bonds. The largest absolute Gasteiger partial charge is 0.256 e. The Balaban J connectivity index is 2.14. The predicted octanol–water partition coefficient (Wildman–Crippen LogP) is 4.17. The van der Waals surface area contributed by atoms with Crippen molar-refractivity contribution in [2.75, 3.05) is 0 Å². The van der Waals surface area contributed by atoms with Crippen LogP contribution in [0.5, 0.6) is 0 Å². The summed E-state index contributed by atoms with van der Waals surface area (Å²) in [6.45, 7) is 0. The fourth-order valence-electron chi connectivity index (χ4n) is 1.35. The van der Waals surface area contributed by atoms with E-state index in [2.05, 4.69) is 27.4 Å². The van der Waals surface area contributed by atoms with Crippen molar-refractivity contribution in [1.82, 2.24) is 0 Å². The fraction of sp³-hybridized carbons (Fsp3) is 0. The molecule has 2 aromatic rings. The van der Waals surface area contributed by atoms with Gasteiger partial charge in [0, 0.05) is 6.21 Å². The van der Waals surface area contributed by atoms with Crippen LogP contribution < -0.4 is 0 Å². The highest BCUT2D eigenvalue weighted by atomic mass is 32.1. The molecule has 2 aromatic carbocycles. The van der Waals surface area contributed by atoms with Gasteiger partial charge in [0.1, 0.15) is 0 Å². The van der Waals surface area contributed by atoms with E-state index in [0.29, 0.717) is 0 Å². The lowest BCUT2D eigenvalue weighted by Crippen LogP contribution is -1.78. The first-order valence-electron chi connectivity index (χ1n) is 5.15. The highest BCUT2D eigenvalue weighted by Gasteiger charge is 1.90. The van der Waals surface area contributed by atoms with E-state index in [9.17, 15) is 0 Å². The Kier molecular flexibility index (Phi) is 3.92. The van der Waals surface area contributed by atoms with Crippen LogP contribution in [0.25, 0.3) is 0 Å². The Morgan fingerprint density at radius 1 is 0.882 bits per heavy atom. The molecule has 0 saturated carbocycles. The second-order valence-corrected chi connectivity index (χ2v) is 3.57. The van der Waals surface area contributed by atoms with E-state index < -0.39 is 0 Å². The van der Waals surface area contributed by atoms with Crippen LogP contribution in [0.4, 0.5) is 11.4 Å². The van der Waals surface area contributed by atoms with Crippen LogP contribution in [0.2, 0.25) is 0 Å². The molecule has 0 atom stereocenters. The lowest BCUT2D eigenvalue weighted by molar-refractivity contribution is 1.51. The van der Waals surface area contributed by atoms with Gasteiger partial charge in [0.15, 0.2) is 0 Å². The van der Waals surface area contributed by atoms with E-state index in [1.165, 1.54) is 0 Å². The molecule has 0 spiro atoms. The van der Waals surface area contributed by atoms with Gasteiger partial charge in [-0.1, -0.05) is 30.3 Å². The van der Waals surface area contributed by atoms with Crippen LogP contribution in [0, 0.1) is 0 Å². The normalized spacial score (nSPS) is 10.1. The smallest absolute Gasteiger partial charge is 0.0739 e. The van der Waals surface area contributed by atoms with Crippen molar-refractivity contribution in [3.05, 3.63) is 60.2 Å². The zero-order chi connectivity index (χ0) is 11.9. The summed E-state index contributed by atoms with van der Waals surface area (Å²) in [6.07, 6.45) is 1.82. The van der Waals surface area contributed by atoms with Crippen LogP contribution in [-0.4, -0.2) is 11.4 Å². The Labute approximate surface area is 105 Å². The minimum Gasteiger partial charge on any atom is -0.256 e. The third-order valence-electron chi connectivity index (χ3n) is 2.19. The topological polar surface area (TPSA) is 24.7 Å². The van der Waals surface area contributed by atoms with Crippen molar-refractivity contribution < 1.29 is 0 Å². The third kappa shape index (κ3) is 3.45. The molecule has 0 fully saturated rings. The molecule has 0 unspecified atom stereocenters. The number of thiocarbonyl (C=S) groups is 1. The molecule has 0 saturated heterocycles. The molecular formula is C14H10N2S. The molecule has 0 aromatic heterocycles. The Morgan fingerprint density at radius 3 is 2.24 bits per heavy atom. The van der Waals surface area contributed by atoms with Gasteiger partial charge in [0.25, 0.3) is 0 Å². The summed E-state index contributed by atoms with van der Waals surface area (Å²) in [5, 5.41) is 2.34. The van der Waals surface area contributed by atoms with E-state index in [4.69, 9.17) is 0 Å². The average Bonchev–Trinajstić information content (AvgIpc) is 2.40. The maximum absolute atomic E-state index is 4.54. The predicted molar refractivity (Wildman–Crippen MR) is 74.8 cm³/mol. The van der Waals surface area contributed by atoms with Gasteiger partial charge in [-0.3, -0.25) is 4.99 Å². The Bertz CT molecular complexity index is 553. The molecule has 2 nitrogen and oxygen atoms in total. The number of isothiocyanates is 1. The Hall–Kier alpha value is -2.09. The van der Waals surface area contributed by atoms with Crippen molar-refractivity contribution in [2.24, 2.45) is 9.98 Å². The van der Waals surface area contributed by atoms with Gasteiger partial charge in [-0.25, -0.2) is 0 Å². The number of nitrogens with zero attached hydrogens (tertiary/aromatic N) is 2. The van der Waals surface area contributed by atoms with E-state index in [1.807, 2.05) is 60.8 Å². The summed E-state index contributed by atoms with van der Waals surface area (Å²) in [4.78, 5) is 8.25. The van der Waals surface area contributed by atoms with Gasteiger partial charge in [-0.15, -0.1) is 0 Å². The summed E-state index contributed by atoms with van der Waals surface area (Å²) in [6, 6.07) is 17.5. The quantitative estimate of drug-likeness (QED) is 0.581. The Morgan fingerprint density at radius 2 is 1.59 bits per heavy atom. The molecule has 0 aliphatic rings. The number of rotatable bonds is 3. The summed E-state index contributed by atoms with van der Waals surface area (Å²) < 4.78 is 0. The van der Waals surface area contributed by atoms with E-state index >= 15 is 0 Å². The molecule has 0 N–H and O–H groups in total.